The molecule has 0 aliphatic carbocycles. The highest BCUT2D eigenvalue weighted by Crippen LogP contribution is 2.36. The van der Waals surface area contributed by atoms with Gasteiger partial charge >= 0.3 is 0 Å². The number of nitrogens with one attached hydrogen (secondary N) is 1. The van der Waals surface area contributed by atoms with Crippen LogP contribution in [0, 0.1) is 0 Å². The number of aromatic nitrogens is 3. The summed E-state index contributed by atoms with van der Waals surface area (Å²) in [5.74, 6) is 1.72. The zero-order valence-electron chi connectivity index (χ0n) is 19.7. The monoisotopic (exact) mass is 499 g/mol. The molecule has 7 nitrogen and oxygen atoms in total. The van der Waals surface area contributed by atoms with Gasteiger partial charge in [-0.15, -0.1) is 0 Å². The molecule has 0 radical (unpaired) electrons. The Morgan fingerprint density at radius 2 is 1.75 bits per heavy atom. The lowest BCUT2D eigenvalue weighted by molar-refractivity contribution is 0.0144. The van der Waals surface area contributed by atoms with Crippen LogP contribution in [0.25, 0.3) is 27.8 Å². The van der Waals surface area contributed by atoms with Gasteiger partial charge in [0.2, 0.25) is 0 Å². The standard InChI is InChI=1S/C28H26ClN5O2/c29-21-8-10-22(11-9-21)34-18-23(20-5-2-1-3-6-20)26-27(31-19-32-28(26)34)30-17-24(25-7-4-14-36-25)33-12-15-35-16-13-33/h1-11,14,18-19,24H,12-13,15-17H2,(H,30,31,32). The van der Waals surface area contributed by atoms with E-state index in [1.165, 1.54) is 0 Å². The molecule has 182 valence electrons. The highest BCUT2D eigenvalue weighted by atomic mass is 35.5. The van der Waals surface area contributed by atoms with E-state index in [0.29, 0.717) is 11.6 Å². The SMILES string of the molecule is Clc1ccc(-n2cc(-c3ccccc3)c3c(NCC(c4ccco4)N4CCOCC4)ncnc32)cc1. The van der Waals surface area contributed by atoms with E-state index < -0.39 is 0 Å². The Morgan fingerprint density at radius 1 is 0.944 bits per heavy atom. The van der Waals surface area contributed by atoms with Gasteiger partial charge in [0, 0.05) is 42.1 Å². The van der Waals surface area contributed by atoms with E-state index in [1.54, 1.807) is 12.6 Å². The largest absolute Gasteiger partial charge is 0.468 e. The summed E-state index contributed by atoms with van der Waals surface area (Å²) in [6.07, 6.45) is 5.46. The Morgan fingerprint density at radius 3 is 2.50 bits per heavy atom. The topological polar surface area (TPSA) is 68.4 Å². The number of morpholine rings is 1. The van der Waals surface area contributed by atoms with Gasteiger partial charge in [-0.2, -0.15) is 0 Å². The minimum atomic E-state index is 0.0624. The third-order valence-corrected chi connectivity index (χ3v) is 6.85. The molecule has 8 heteroatoms. The Hall–Kier alpha value is -3.65. The van der Waals surface area contributed by atoms with Gasteiger partial charge in [-0.1, -0.05) is 41.9 Å². The first kappa shape index (κ1) is 22.8. The summed E-state index contributed by atoms with van der Waals surface area (Å²) in [6.45, 7) is 3.79. The van der Waals surface area contributed by atoms with Gasteiger partial charge in [-0.05, 0) is 42.0 Å². The van der Waals surface area contributed by atoms with Crippen molar-refractivity contribution < 1.29 is 9.15 Å². The van der Waals surface area contributed by atoms with Crippen molar-refractivity contribution in [2.75, 3.05) is 38.2 Å². The minimum absolute atomic E-state index is 0.0624. The molecule has 1 atom stereocenters. The Kier molecular flexibility index (Phi) is 6.42. The number of ether oxygens (including phenoxy) is 1. The minimum Gasteiger partial charge on any atom is -0.468 e. The molecule has 4 heterocycles. The predicted octanol–water partition coefficient (Wildman–Crippen LogP) is 5.82. The van der Waals surface area contributed by atoms with Crippen molar-refractivity contribution in [2.24, 2.45) is 0 Å². The van der Waals surface area contributed by atoms with Gasteiger partial charge in [0.15, 0.2) is 5.65 Å². The maximum atomic E-state index is 6.16. The van der Waals surface area contributed by atoms with E-state index >= 15 is 0 Å². The van der Waals surface area contributed by atoms with Crippen LogP contribution in [0.4, 0.5) is 5.82 Å². The van der Waals surface area contributed by atoms with Crippen LogP contribution in [0.3, 0.4) is 0 Å². The van der Waals surface area contributed by atoms with E-state index in [0.717, 1.165) is 65.7 Å². The lowest BCUT2D eigenvalue weighted by atomic mass is 10.1. The molecular formula is C28H26ClN5O2. The quantitative estimate of drug-likeness (QED) is 0.304. The molecule has 0 bridgehead atoms. The summed E-state index contributed by atoms with van der Waals surface area (Å²) in [5.41, 5.74) is 3.97. The Bertz CT molecular complexity index is 1430. The summed E-state index contributed by atoms with van der Waals surface area (Å²) in [4.78, 5) is 11.8. The summed E-state index contributed by atoms with van der Waals surface area (Å²) in [7, 11) is 0. The average molecular weight is 500 g/mol. The second-order valence-corrected chi connectivity index (χ2v) is 9.17. The first-order chi connectivity index (χ1) is 17.8. The summed E-state index contributed by atoms with van der Waals surface area (Å²) in [6, 6.07) is 22.1. The van der Waals surface area contributed by atoms with Crippen molar-refractivity contribution >= 4 is 28.5 Å². The maximum Gasteiger partial charge on any atom is 0.150 e. The third kappa shape index (κ3) is 4.48. The fourth-order valence-electron chi connectivity index (χ4n) is 4.80. The Labute approximate surface area is 214 Å². The molecule has 0 amide bonds. The molecule has 1 aliphatic rings. The maximum absolute atomic E-state index is 6.16. The highest BCUT2D eigenvalue weighted by molar-refractivity contribution is 6.30. The van der Waals surface area contributed by atoms with E-state index in [1.807, 2.05) is 54.6 Å². The summed E-state index contributed by atoms with van der Waals surface area (Å²) >= 11 is 6.16. The second-order valence-electron chi connectivity index (χ2n) is 8.74. The van der Waals surface area contributed by atoms with Crippen LogP contribution in [-0.4, -0.2) is 52.3 Å². The Balaban J connectivity index is 1.42. The van der Waals surface area contributed by atoms with Crippen molar-refractivity contribution in [1.82, 2.24) is 19.4 Å². The van der Waals surface area contributed by atoms with E-state index in [4.69, 9.17) is 20.8 Å². The molecule has 1 aliphatic heterocycles. The van der Waals surface area contributed by atoms with Gasteiger partial charge in [-0.25, -0.2) is 9.97 Å². The fourth-order valence-corrected chi connectivity index (χ4v) is 4.93. The number of furan rings is 1. The van der Waals surface area contributed by atoms with Gasteiger partial charge in [0.25, 0.3) is 0 Å². The van der Waals surface area contributed by atoms with Crippen LogP contribution in [-0.2, 0) is 4.74 Å². The van der Waals surface area contributed by atoms with Crippen LogP contribution >= 0.6 is 11.6 Å². The number of hydrogen-bond donors (Lipinski definition) is 1. The molecule has 0 spiro atoms. The molecule has 2 aromatic carbocycles. The van der Waals surface area contributed by atoms with Crippen LogP contribution in [0.1, 0.15) is 11.8 Å². The molecule has 1 N–H and O–H groups in total. The molecular weight excluding hydrogens is 474 g/mol. The van der Waals surface area contributed by atoms with Crippen molar-refractivity contribution in [1.29, 1.82) is 0 Å². The van der Waals surface area contributed by atoms with Crippen molar-refractivity contribution in [3.63, 3.8) is 0 Å². The molecule has 0 saturated carbocycles. The number of nitrogens with zero attached hydrogens (tertiary/aromatic N) is 4. The van der Waals surface area contributed by atoms with E-state index in [-0.39, 0.29) is 6.04 Å². The molecule has 6 rings (SSSR count). The van der Waals surface area contributed by atoms with Crippen molar-refractivity contribution in [3.8, 4) is 16.8 Å². The van der Waals surface area contributed by atoms with Crippen LogP contribution in [0.15, 0.2) is 89.9 Å². The van der Waals surface area contributed by atoms with E-state index in [9.17, 15) is 0 Å². The number of benzene rings is 2. The number of halogens is 1. The van der Waals surface area contributed by atoms with Crippen LogP contribution in [0.2, 0.25) is 5.02 Å². The molecule has 1 saturated heterocycles. The fraction of sp³-hybridized carbons (Fsp3) is 0.214. The van der Waals surface area contributed by atoms with Gasteiger partial charge in [0.1, 0.15) is 17.9 Å². The van der Waals surface area contributed by atoms with Crippen LogP contribution < -0.4 is 5.32 Å². The predicted molar refractivity (Wildman–Crippen MR) is 142 cm³/mol. The lowest BCUT2D eigenvalue weighted by Gasteiger charge is -2.33. The number of rotatable bonds is 7. The van der Waals surface area contributed by atoms with Gasteiger partial charge in [0.05, 0.1) is 30.9 Å². The molecule has 5 aromatic rings. The molecule has 1 fully saturated rings. The lowest BCUT2D eigenvalue weighted by Crippen LogP contribution is -2.41. The van der Waals surface area contributed by atoms with Crippen molar-refractivity contribution in [3.05, 3.63) is 96.3 Å². The number of hydrogen-bond acceptors (Lipinski definition) is 6. The molecule has 1 unspecified atom stereocenters. The smallest absolute Gasteiger partial charge is 0.150 e. The third-order valence-electron chi connectivity index (χ3n) is 6.59. The molecule has 36 heavy (non-hydrogen) atoms. The zero-order chi connectivity index (χ0) is 24.3. The highest BCUT2D eigenvalue weighted by Gasteiger charge is 2.26. The van der Waals surface area contributed by atoms with E-state index in [2.05, 4.69) is 43.1 Å². The summed E-state index contributed by atoms with van der Waals surface area (Å²) in [5, 5.41) is 5.30. The van der Waals surface area contributed by atoms with Crippen molar-refractivity contribution in [2.45, 2.75) is 6.04 Å². The first-order valence-corrected chi connectivity index (χ1v) is 12.4. The normalized spacial score (nSPS) is 15.2. The summed E-state index contributed by atoms with van der Waals surface area (Å²) < 4.78 is 13.5. The number of anilines is 1. The zero-order valence-corrected chi connectivity index (χ0v) is 20.4. The molecule has 3 aromatic heterocycles. The average Bonchev–Trinajstić information content (AvgIpc) is 3.60. The second kappa shape index (κ2) is 10.1. The number of fused-ring (bicyclic) bond motifs is 1. The van der Waals surface area contributed by atoms with Crippen LogP contribution in [0.5, 0.6) is 0 Å². The van der Waals surface area contributed by atoms with Gasteiger partial charge in [-0.3, -0.25) is 4.90 Å². The van der Waals surface area contributed by atoms with Gasteiger partial charge < -0.3 is 19.0 Å². The first-order valence-electron chi connectivity index (χ1n) is 12.0.